The second-order valence-corrected chi connectivity index (χ2v) is 9.64. The average Bonchev–Trinajstić information content (AvgIpc) is 3.30. The van der Waals surface area contributed by atoms with Crippen LogP contribution in [0.3, 0.4) is 0 Å². The molecule has 5 rings (SSSR count). The fourth-order valence-corrected chi connectivity index (χ4v) is 4.72. The van der Waals surface area contributed by atoms with Crippen LogP contribution in [0.1, 0.15) is 47.4 Å². The third-order valence-corrected chi connectivity index (χ3v) is 6.60. The number of rotatable bonds is 5. The Morgan fingerprint density at radius 1 is 1.14 bits per heavy atom. The van der Waals surface area contributed by atoms with Crippen molar-refractivity contribution in [2.75, 3.05) is 13.2 Å². The second-order valence-electron chi connectivity index (χ2n) is 9.20. The number of esters is 1. The van der Waals surface area contributed by atoms with E-state index in [1.165, 1.54) is 0 Å². The number of nitrogens with zero attached hydrogens (tertiary/aromatic N) is 2. The number of pyridine rings is 1. The first-order valence-corrected chi connectivity index (χ1v) is 11.8. The molecule has 3 amide bonds. The molecule has 7 nitrogen and oxygen atoms in total. The topological polar surface area (TPSA) is 88.6 Å². The van der Waals surface area contributed by atoms with Gasteiger partial charge in [0, 0.05) is 10.4 Å². The first-order valence-electron chi connectivity index (χ1n) is 11.4. The first-order chi connectivity index (χ1) is 16.7. The van der Waals surface area contributed by atoms with Crippen LogP contribution in [0.15, 0.2) is 48.5 Å². The Hall–Kier alpha value is -3.71. The largest absolute Gasteiger partial charge is 0.460 e. The molecule has 8 heteroatoms. The third kappa shape index (κ3) is 4.28. The van der Waals surface area contributed by atoms with E-state index >= 15 is 0 Å². The molecular weight excluding hydrogens is 466 g/mol. The number of nitrogens with one attached hydrogen (secondary N) is 1. The summed E-state index contributed by atoms with van der Waals surface area (Å²) in [5, 5.41) is 4.02. The predicted octanol–water partition coefficient (Wildman–Crippen LogP) is 4.86. The minimum Gasteiger partial charge on any atom is -0.460 e. The van der Waals surface area contributed by atoms with Gasteiger partial charge in [0.05, 0.1) is 23.3 Å². The molecule has 35 heavy (non-hydrogen) atoms. The van der Waals surface area contributed by atoms with Crippen molar-refractivity contribution in [3.63, 3.8) is 0 Å². The van der Waals surface area contributed by atoms with E-state index < -0.39 is 17.5 Å². The zero-order valence-electron chi connectivity index (χ0n) is 19.4. The Bertz CT molecular complexity index is 1400. The zero-order valence-corrected chi connectivity index (χ0v) is 20.2. The molecular formula is C27H24ClN3O4. The predicted molar refractivity (Wildman–Crippen MR) is 134 cm³/mol. The highest BCUT2D eigenvalue weighted by Gasteiger charge is 2.44. The van der Waals surface area contributed by atoms with Crippen LogP contribution >= 0.6 is 11.6 Å². The van der Waals surface area contributed by atoms with E-state index in [-0.39, 0.29) is 19.1 Å². The summed E-state index contributed by atoms with van der Waals surface area (Å²) in [5.41, 5.74) is 3.93. The molecule has 3 aromatic rings. The first kappa shape index (κ1) is 23.1. The number of carbonyl (C=O) groups excluding carboxylic acids is 3. The van der Waals surface area contributed by atoms with Gasteiger partial charge in [-0.1, -0.05) is 41.9 Å². The maximum Gasteiger partial charge on any atom is 0.339 e. The Balaban J connectivity index is 1.43. The number of ether oxygens (including phenoxy) is 1. The molecule has 1 N–H and O–H groups in total. The Morgan fingerprint density at radius 3 is 2.60 bits per heavy atom. The van der Waals surface area contributed by atoms with Crippen molar-refractivity contribution in [2.45, 2.75) is 32.2 Å². The number of allylic oxidation sites excluding steroid dienone is 1. The molecule has 0 saturated carbocycles. The summed E-state index contributed by atoms with van der Waals surface area (Å²) >= 11 is 6.02. The van der Waals surface area contributed by atoms with Crippen molar-refractivity contribution < 1.29 is 19.1 Å². The highest BCUT2D eigenvalue weighted by Crippen LogP contribution is 2.38. The average molecular weight is 490 g/mol. The van der Waals surface area contributed by atoms with Gasteiger partial charge in [0.2, 0.25) is 0 Å². The van der Waals surface area contributed by atoms with Crippen molar-refractivity contribution in [1.82, 2.24) is 15.2 Å². The standard InChI is InChI=1S/C27H24ClN3O4/c1-27(2)25(33)31(26(34)30-27)13-14-35-24(32)22-19-5-3-4-6-21(19)29-23-17(9-12-20(22)23)15-16-7-10-18(28)11-8-16/h3-8,10-11,15H,9,12-14H2,1-2H3,(H,30,34)/b17-15-. The minimum atomic E-state index is -0.962. The SMILES string of the molecule is CC1(C)NC(=O)N(CCOC(=O)c2c3c(nc4ccccc24)/C(=C\c2ccc(Cl)cc2)CC3)C1=O. The molecule has 0 radical (unpaired) electrons. The van der Waals surface area contributed by atoms with Crippen LogP contribution in [0.25, 0.3) is 22.6 Å². The van der Waals surface area contributed by atoms with Gasteiger partial charge in [-0.15, -0.1) is 0 Å². The van der Waals surface area contributed by atoms with Gasteiger partial charge in [-0.25, -0.2) is 14.6 Å². The van der Waals surface area contributed by atoms with Gasteiger partial charge < -0.3 is 10.1 Å². The van der Waals surface area contributed by atoms with Crippen molar-refractivity contribution in [1.29, 1.82) is 0 Å². The van der Waals surface area contributed by atoms with E-state index in [1.807, 2.05) is 48.5 Å². The molecule has 1 aliphatic carbocycles. The van der Waals surface area contributed by atoms with Gasteiger partial charge in [0.1, 0.15) is 12.1 Å². The Labute approximate surface area is 207 Å². The van der Waals surface area contributed by atoms with E-state index in [0.29, 0.717) is 22.5 Å². The fraction of sp³-hybridized carbons (Fsp3) is 0.259. The number of halogens is 1. The van der Waals surface area contributed by atoms with E-state index in [0.717, 1.165) is 39.1 Å². The fourth-order valence-electron chi connectivity index (χ4n) is 4.60. The van der Waals surface area contributed by atoms with Crippen LogP contribution in [0, 0.1) is 0 Å². The number of hydrogen-bond acceptors (Lipinski definition) is 5. The normalized spacial score (nSPS) is 17.7. The minimum absolute atomic E-state index is 0.00718. The van der Waals surface area contributed by atoms with Gasteiger partial charge in [-0.2, -0.15) is 0 Å². The number of urea groups is 1. The summed E-state index contributed by atoms with van der Waals surface area (Å²) in [6.07, 6.45) is 3.48. The molecule has 0 atom stereocenters. The number of para-hydroxylation sites is 1. The molecule has 0 spiro atoms. The number of imide groups is 1. The van der Waals surface area contributed by atoms with Gasteiger partial charge in [-0.05, 0) is 67.7 Å². The van der Waals surface area contributed by atoms with Crippen LogP contribution in [0.4, 0.5) is 4.79 Å². The molecule has 1 fully saturated rings. The summed E-state index contributed by atoms with van der Waals surface area (Å²) in [6.45, 7) is 3.18. The number of hydrogen-bond donors (Lipinski definition) is 1. The summed E-state index contributed by atoms with van der Waals surface area (Å²) in [6, 6.07) is 14.6. The van der Waals surface area contributed by atoms with Crippen molar-refractivity contribution in [3.8, 4) is 0 Å². The van der Waals surface area contributed by atoms with Crippen molar-refractivity contribution in [3.05, 3.63) is 75.9 Å². The lowest BCUT2D eigenvalue weighted by Crippen LogP contribution is -2.40. The molecule has 2 aliphatic rings. The second kappa shape index (κ2) is 8.82. The van der Waals surface area contributed by atoms with Crippen LogP contribution in [0.5, 0.6) is 0 Å². The lowest BCUT2D eigenvalue weighted by molar-refractivity contribution is -0.130. The molecule has 0 bridgehead atoms. The highest BCUT2D eigenvalue weighted by molar-refractivity contribution is 6.30. The number of aromatic nitrogens is 1. The molecule has 1 aromatic heterocycles. The number of carbonyl (C=O) groups is 3. The molecule has 1 saturated heterocycles. The highest BCUT2D eigenvalue weighted by atomic mass is 35.5. The quantitative estimate of drug-likeness (QED) is 0.408. The zero-order chi connectivity index (χ0) is 24.7. The molecule has 2 heterocycles. The van der Waals surface area contributed by atoms with E-state index in [2.05, 4.69) is 11.4 Å². The Kier molecular flexibility index (Phi) is 5.81. The summed E-state index contributed by atoms with van der Waals surface area (Å²) in [4.78, 5) is 43.7. The van der Waals surface area contributed by atoms with Gasteiger partial charge in [0.15, 0.2) is 0 Å². The summed E-state index contributed by atoms with van der Waals surface area (Å²) in [5.74, 6) is -0.829. The van der Waals surface area contributed by atoms with Crippen LogP contribution < -0.4 is 5.32 Å². The smallest absolute Gasteiger partial charge is 0.339 e. The maximum atomic E-state index is 13.3. The van der Waals surface area contributed by atoms with Gasteiger partial charge in [-0.3, -0.25) is 9.69 Å². The molecule has 1 aliphatic heterocycles. The molecule has 2 aromatic carbocycles. The van der Waals surface area contributed by atoms with Crippen LogP contribution in [0.2, 0.25) is 5.02 Å². The Morgan fingerprint density at radius 2 is 1.89 bits per heavy atom. The van der Waals surface area contributed by atoms with Gasteiger partial charge in [0.25, 0.3) is 5.91 Å². The third-order valence-electron chi connectivity index (χ3n) is 6.35. The maximum absolute atomic E-state index is 13.3. The van der Waals surface area contributed by atoms with Crippen molar-refractivity contribution >= 4 is 52.1 Å². The van der Waals surface area contributed by atoms with E-state index in [1.54, 1.807) is 13.8 Å². The number of amides is 3. The number of benzene rings is 2. The summed E-state index contributed by atoms with van der Waals surface area (Å²) in [7, 11) is 0. The lowest BCUT2D eigenvalue weighted by atomic mass is 10.0. The molecule has 0 unspecified atom stereocenters. The monoisotopic (exact) mass is 489 g/mol. The van der Waals surface area contributed by atoms with Crippen molar-refractivity contribution in [2.24, 2.45) is 0 Å². The van der Waals surface area contributed by atoms with Crippen LogP contribution in [-0.4, -0.2) is 46.5 Å². The molecule has 178 valence electrons. The van der Waals surface area contributed by atoms with E-state index in [9.17, 15) is 14.4 Å². The van der Waals surface area contributed by atoms with Gasteiger partial charge >= 0.3 is 12.0 Å². The van der Waals surface area contributed by atoms with E-state index in [4.69, 9.17) is 21.3 Å². The van der Waals surface area contributed by atoms with Crippen LogP contribution in [-0.2, 0) is 16.0 Å². The number of fused-ring (bicyclic) bond motifs is 2. The lowest BCUT2D eigenvalue weighted by Gasteiger charge is -2.16. The summed E-state index contributed by atoms with van der Waals surface area (Å²) < 4.78 is 5.58.